The molecule has 1 fully saturated rings. The summed E-state index contributed by atoms with van der Waals surface area (Å²) in [5.74, 6) is 0.0988. The van der Waals surface area contributed by atoms with Gasteiger partial charge in [-0.05, 0) is 31.5 Å². The average molecular weight is 272 g/mol. The van der Waals surface area contributed by atoms with Gasteiger partial charge in [-0.2, -0.15) is 5.10 Å². The van der Waals surface area contributed by atoms with E-state index in [0.717, 1.165) is 38.0 Å². The smallest absolute Gasteiger partial charge is 0.257 e. The highest BCUT2D eigenvalue weighted by Gasteiger charge is 2.28. The van der Waals surface area contributed by atoms with Crippen molar-refractivity contribution in [3.63, 3.8) is 0 Å². The van der Waals surface area contributed by atoms with Crippen LogP contribution in [-0.4, -0.2) is 46.1 Å². The first-order chi connectivity index (χ1) is 9.81. The summed E-state index contributed by atoms with van der Waals surface area (Å²) in [5, 5.41) is 7.60. The van der Waals surface area contributed by atoms with Crippen molar-refractivity contribution in [3.05, 3.63) is 36.2 Å². The first kappa shape index (κ1) is 13.1. The quantitative estimate of drug-likeness (QED) is 0.918. The molecule has 1 amide bonds. The topological polar surface area (TPSA) is 49.6 Å². The predicted octanol–water partition coefficient (Wildman–Crippen LogP) is 1.55. The largest absolute Gasteiger partial charge is 0.334 e. The number of amides is 1. The Balaban J connectivity index is 1.92. The van der Waals surface area contributed by atoms with Crippen LogP contribution in [0.25, 0.3) is 5.52 Å². The van der Waals surface area contributed by atoms with Gasteiger partial charge in [-0.3, -0.25) is 4.79 Å². The average Bonchev–Trinajstić information content (AvgIpc) is 3.13. The number of rotatable bonds is 4. The predicted molar refractivity (Wildman–Crippen MR) is 77.8 cm³/mol. The second-order valence-electron chi connectivity index (χ2n) is 5.23. The molecule has 0 saturated carbocycles. The first-order valence-corrected chi connectivity index (χ1v) is 7.25. The number of nitrogens with zero attached hydrogens (tertiary/aromatic N) is 3. The minimum absolute atomic E-state index is 0.0988. The van der Waals surface area contributed by atoms with E-state index in [1.807, 2.05) is 29.3 Å². The van der Waals surface area contributed by atoms with Crippen LogP contribution in [0.5, 0.6) is 0 Å². The number of carbonyl (C=O) groups excluding carboxylic acids is 1. The molecule has 0 aliphatic carbocycles. The summed E-state index contributed by atoms with van der Waals surface area (Å²) in [6, 6.07) is 6.10. The van der Waals surface area contributed by atoms with Crippen LogP contribution in [0.2, 0.25) is 0 Å². The van der Waals surface area contributed by atoms with Gasteiger partial charge in [-0.25, -0.2) is 4.52 Å². The van der Waals surface area contributed by atoms with Crippen LogP contribution in [0.15, 0.2) is 30.6 Å². The number of carbonyl (C=O) groups is 1. The maximum atomic E-state index is 12.8. The van der Waals surface area contributed by atoms with Crippen molar-refractivity contribution in [1.82, 2.24) is 19.8 Å². The third-order valence-corrected chi connectivity index (χ3v) is 3.86. The lowest BCUT2D eigenvalue weighted by molar-refractivity contribution is 0.0694. The fourth-order valence-corrected chi connectivity index (χ4v) is 2.85. The maximum Gasteiger partial charge on any atom is 0.257 e. The molecule has 1 aliphatic rings. The summed E-state index contributed by atoms with van der Waals surface area (Å²) < 4.78 is 1.75. The Labute approximate surface area is 118 Å². The van der Waals surface area contributed by atoms with Gasteiger partial charge in [0.25, 0.3) is 5.91 Å². The molecule has 1 N–H and O–H groups in total. The zero-order valence-electron chi connectivity index (χ0n) is 11.7. The van der Waals surface area contributed by atoms with E-state index in [0.29, 0.717) is 11.6 Å². The monoisotopic (exact) mass is 272 g/mol. The second-order valence-corrected chi connectivity index (χ2v) is 5.23. The van der Waals surface area contributed by atoms with Crippen molar-refractivity contribution in [2.24, 2.45) is 0 Å². The van der Waals surface area contributed by atoms with Gasteiger partial charge in [0.2, 0.25) is 0 Å². The number of pyridine rings is 1. The highest BCUT2D eigenvalue weighted by Crippen LogP contribution is 2.17. The van der Waals surface area contributed by atoms with E-state index in [4.69, 9.17) is 0 Å². The molecule has 20 heavy (non-hydrogen) atoms. The van der Waals surface area contributed by atoms with E-state index in [-0.39, 0.29) is 5.91 Å². The van der Waals surface area contributed by atoms with Gasteiger partial charge in [-0.1, -0.05) is 13.0 Å². The molecule has 1 aliphatic heterocycles. The lowest BCUT2D eigenvalue weighted by atomic mass is 10.1. The summed E-state index contributed by atoms with van der Waals surface area (Å²) in [7, 11) is 0. The Morgan fingerprint density at radius 2 is 2.45 bits per heavy atom. The zero-order chi connectivity index (χ0) is 13.9. The third-order valence-electron chi connectivity index (χ3n) is 3.86. The molecule has 2 aromatic rings. The molecule has 5 heteroatoms. The minimum Gasteiger partial charge on any atom is -0.334 e. The van der Waals surface area contributed by atoms with Crippen molar-refractivity contribution < 1.29 is 4.79 Å². The van der Waals surface area contributed by atoms with E-state index < -0.39 is 0 Å². The highest BCUT2D eigenvalue weighted by molar-refractivity contribution is 6.00. The van der Waals surface area contributed by atoms with Crippen molar-refractivity contribution in [3.8, 4) is 0 Å². The molecule has 1 unspecified atom stereocenters. The molecule has 2 aromatic heterocycles. The lowest BCUT2D eigenvalue weighted by Gasteiger charge is -2.28. The van der Waals surface area contributed by atoms with E-state index in [1.165, 1.54) is 0 Å². The first-order valence-electron chi connectivity index (χ1n) is 7.25. The van der Waals surface area contributed by atoms with Crippen LogP contribution in [0.3, 0.4) is 0 Å². The Kier molecular flexibility index (Phi) is 3.69. The highest BCUT2D eigenvalue weighted by atomic mass is 16.2. The normalized spacial score (nSPS) is 18.6. The van der Waals surface area contributed by atoms with Crippen molar-refractivity contribution in [1.29, 1.82) is 0 Å². The summed E-state index contributed by atoms with van der Waals surface area (Å²) in [6.07, 6.45) is 5.56. The van der Waals surface area contributed by atoms with Crippen LogP contribution in [0.1, 0.15) is 30.1 Å². The number of aromatic nitrogens is 2. The fraction of sp³-hybridized carbons (Fsp3) is 0.467. The third kappa shape index (κ3) is 2.29. The van der Waals surface area contributed by atoms with Crippen LogP contribution in [-0.2, 0) is 0 Å². The van der Waals surface area contributed by atoms with Crippen LogP contribution in [0, 0.1) is 0 Å². The van der Waals surface area contributed by atoms with Gasteiger partial charge in [-0.15, -0.1) is 0 Å². The minimum atomic E-state index is 0.0988. The standard InChI is InChI=1S/C15H20N4O/c1-2-8-18(12-6-7-16-10-12)15(20)13-11-17-19-9-4-3-5-14(13)19/h3-5,9,11-12,16H,2,6-8,10H2,1H3. The van der Waals surface area contributed by atoms with Gasteiger partial charge < -0.3 is 10.2 Å². The second kappa shape index (κ2) is 5.63. The molecule has 0 spiro atoms. The molecule has 106 valence electrons. The van der Waals surface area contributed by atoms with Gasteiger partial charge in [0.15, 0.2) is 0 Å². The van der Waals surface area contributed by atoms with E-state index in [2.05, 4.69) is 17.3 Å². The van der Waals surface area contributed by atoms with Gasteiger partial charge in [0, 0.05) is 25.3 Å². The van der Waals surface area contributed by atoms with Crippen molar-refractivity contribution >= 4 is 11.4 Å². The van der Waals surface area contributed by atoms with E-state index in [1.54, 1.807) is 10.7 Å². The Hall–Kier alpha value is -1.88. The van der Waals surface area contributed by atoms with Crippen molar-refractivity contribution in [2.45, 2.75) is 25.8 Å². The van der Waals surface area contributed by atoms with Gasteiger partial charge >= 0.3 is 0 Å². The number of nitrogens with one attached hydrogen (secondary N) is 1. The van der Waals surface area contributed by atoms with Gasteiger partial charge in [0.1, 0.15) is 0 Å². The molecule has 3 rings (SSSR count). The number of hydrogen-bond acceptors (Lipinski definition) is 3. The van der Waals surface area contributed by atoms with Crippen molar-refractivity contribution in [2.75, 3.05) is 19.6 Å². The van der Waals surface area contributed by atoms with Crippen LogP contribution in [0.4, 0.5) is 0 Å². The molecule has 0 aromatic carbocycles. The lowest BCUT2D eigenvalue weighted by Crippen LogP contribution is -2.42. The summed E-state index contributed by atoms with van der Waals surface area (Å²) in [6.45, 7) is 4.80. The molecule has 1 saturated heterocycles. The zero-order valence-corrected chi connectivity index (χ0v) is 11.7. The van der Waals surface area contributed by atoms with Gasteiger partial charge in [0.05, 0.1) is 17.3 Å². The number of fused-ring (bicyclic) bond motifs is 1. The van der Waals surface area contributed by atoms with E-state index >= 15 is 0 Å². The van der Waals surface area contributed by atoms with E-state index in [9.17, 15) is 4.79 Å². The SMILES string of the molecule is CCCN(C(=O)c1cnn2ccccc12)C1CCNC1. The summed E-state index contributed by atoms with van der Waals surface area (Å²) >= 11 is 0. The maximum absolute atomic E-state index is 12.8. The molecule has 0 radical (unpaired) electrons. The van der Waals surface area contributed by atoms with Crippen LogP contribution >= 0.6 is 0 Å². The van der Waals surface area contributed by atoms with Crippen LogP contribution < -0.4 is 5.32 Å². The summed E-state index contributed by atoms with van der Waals surface area (Å²) in [4.78, 5) is 14.8. The molecule has 5 nitrogen and oxygen atoms in total. The molecular weight excluding hydrogens is 252 g/mol. The molecule has 0 bridgehead atoms. The Morgan fingerprint density at radius 1 is 1.55 bits per heavy atom. The number of hydrogen-bond donors (Lipinski definition) is 1. The molecular formula is C15H20N4O. The Morgan fingerprint density at radius 3 is 3.20 bits per heavy atom. The fourth-order valence-electron chi connectivity index (χ4n) is 2.85. The molecule has 1 atom stereocenters. The molecule has 3 heterocycles. The summed E-state index contributed by atoms with van der Waals surface area (Å²) in [5.41, 5.74) is 1.58. The Bertz CT molecular complexity index is 601.